The summed E-state index contributed by atoms with van der Waals surface area (Å²) in [6, 6.07) is 46.9. The zero-order valence-corrected chi connectivity index (χ0v) is 41.6. The van der Waals surface area contributed by atoms with Crippen LogP contribution in [-0.2, 0) is 44.2 Å². The monoisotopic (exact) mass is 1050 g/mol. The Balaban J connectivity index is 0.000000254. The van der Waals surface area contributed by atoms with E-state index in [1.165, 1.54) is 0 Å². The first-order chi connectivity index (χ1) is 32.3. The van der Waals surface area contributed by atoms with Crippen molar-refractivity contribution in [2.45, 2.75) is 69.6 Å². The van der Waals surface area contributed by atoms with Crippen LogP contribution in [0.4, 0.5) is 0 Å². The third-order valence-corrected chi connectivity index (χ3v) is 13.7. The van der Waals surface area contributed by atoms with Gasteiger partial charge in [0.15, 0.2) is 0 Å². The Morgan fingerprint density at radius 3 is 1.21 bits per heavy atom. The number of halogens is 2. The van der Waals surface area contributed by atoms with Crippen LogP contribution in [0.2, 0.25) is 10.0 Å². The van der Waals surface area contributed by atoms with Crippen molar-refractivity contribution in [3.8, 4) is 11.5 Å². The second-order valence-electron chi connectivity index (χ2n) is 15.8. The standard InChI is InChI=1S/2C24H27ClNO6PS/c2*25-23-14-22(10-9-19(23)11-12-24(26,16-27)17-32-33(28,29)30)34-21-8-4-7-20(13-21)31-15-18-5-2-1-3-6-18/h2*1-10,13-14,27H,11-12,15-17,26H2,(H2,28,29,30)/t2*24-/m10/s1. The maximum atomic E-state index is 10.9. The molecular formula is C48H54Cl2N2O12P2S2. The van der Waals surface area contributed by atoms with Crippen molar-refractivity contribution >= 4 is 62.4 Å². The molecule has 0 heterocycles. The van der Waals surface area contributed by atoms with Crippen molar-refractivity contribution < 1.29 is 57.4 Å². The topological polar surface area (TPSA) is 244 Å². The van der Waals surface area contributed by atoms with Gasteiger partial charge in [-0.1, -0.05) is 132 Å². The Kier molecular flexibility index (Phi) is 21.5. The lowest BCUT2D eigenvalue weighted by molar-refractivity contribution is 0.101. The van der Waals surface area contributed by atoms with Gasteiger partial charge in [0.25, 0.3) is 0 Å². The fraction of sp³-hybridized carbons (Fsp3) is 0.250. The van der Waals surface area contributed by atoms with E-state index < -0.39 is 53.2 Å². The van der Waals surface area contributed by atoms with E-state index in [-0.39, 0.29) is 12.8 Å². The molecule has 364 valence electrons. The molecule has 0 amide bonds. The van der Waals surface area contributed by atoms with Crippen LogP contribution in [-0.4, -0.2) is 67.3 Å². The summed E-state index contributed by atoms with van der Waals surface area (Å²) in [5.41, 5.74) is 13.3. The van der Waals surface area contributed by atoms with Gasteiger partial charge in [0.05, 0.1) is 37.5 Å². The fourth-order valence-electron chi connectivity index (χ4n) is 6.18. The average molecular weight is 1050 g/mol. The van der Waals surface area contributed by atoms with Gasteiger partial charge in [-0.05, 0) is 109 Å². The molecule has 0 saturated heterocycles. The molecule has 68 heavy (non-hydrogen) atoms. The third-order valence-electron chi connectivity index (χ3n) is 10.1. The number of rotatable bonds is 24. The van der Waals surface area contributed by atoms with Crippen molar-refractivity contribution in [3.05, 3.63) is 178 Å². The van der Waals surface area contributed by atoms with Gasteiger partial charge in [-0.25, -0.2) is 9.13 Å². The predicted octanol–water partition coefficient (Wildman–Crippen LogP) is 9.60. The summed E-state index contributed by atoms with van der Waals surface area (Å²) in [6.45, 7) is -0.928. The maximum Gasteiger partial charge on any atom is 0.469 e. The number of ether oxygens (including phenoxy) is 2. The molecule has 20 heteroatoms. The summed E-state index contributed by atoms with van der Waals surface area (Å²) >= 11 is 16.0. The lowest BCUT2D eigenvalue weighted by Crippen LogP contribution is -2.48. The van der Waals surface area contributed by atoms with Gasteiger partial charge in [0.2, 0.25) is 0 Å². The Bertz CT molecular complexity index is 2440. The van der Waals surface area contributed by atoms with E-state index >= 15 is 0 Å². The first-order valence-corrected chi connectivity index (χ1v) is 26.4. The van der Waals surface area contributed by atoms with Crippen molar-refractivity contribution in [2.75, 3.05) is 26.4 Å². The number of hydrogen-bond acceptors (Lipinski definition) is 12. The van der Waals surface area contributed by atoms with Gasteiger partial charge in [-0.2, -0.15) is 0 Å². The van der Waals surface area contributed by atoms with Crippen LogP contribution in [0.5, 0.6) is 11.5 Å². The number of nitrogens with two attached hydrogens (primary N) is 2. The number of aliphatic hydroxyl groups excluding tert-OH is 2. The van der Waals surface area contributed by atoms with Crippen LogP contribution in [0.25, 0.3) is 0 Å². The molecular weight excluding hydrogens is 994 g/mol. The lowest BCUT2D eigenvalue weighted by Gasteiger charge is -2.27. The summed E-state index contributed by atoms with van der Waals surface area (Å²) in [5.74, 6) is 1.55. The molecule has 0 aromatic heterocycles. The molecule has 6 rings (SSSR count). The van der Waals surface area contributed by atoms with E-state index in [0.717, 1.165) is 53.3 Å². The van der Waals surface area contributed by atoms with Crippen molar-refractivity contribution in [1.82, 2.24) is 0 Å². The average Bonchev–Trinajstić information content (AvgIpc) is 3.31. The summed E-state index contributed by atoms with van der Waals surface area (Å²) in [6.07, 6.45) is 1.29. The number of benzene rings is 6. The molecule has 0 aliphatic rings. The molecule has 0 fully saturated rings. The summed E-state index contributed by atoms with van der Waals surface area (Å²) in [7, 11) is -9.35. The Labute approximate surface area is 414 Å². The second-order valence-corrected chi connectivity index (χ2v) is 21.4. The van der Waals surface area contributed by atoms with Crippen LogP contribution in [0, 0.1) is 0 Å². The Morgan fingerprint density at radius 1 is 0.500 bits per heavy atom. The van der Waals surface area contributed by atoms with Gasteiger partial charge in [-0.15, -0.1) is 0 Å². The SMILES string of the molecule is N[C@@](CO)(CCc1ccc(Sc2cccc(OCc3ccccc3)c2)cc1Cl)COP(=O)(O)O.N[C@](CO)(CCc1ccc(Sc2cccc(OCc3ccccc3)c2)cc1Cl)COP(=O)(O)O. The van der Waals surface area contributed by atoms with E-state index in [1.807, 2.05) is 146 Å². The van der Waals surface area contributed by atoms with Gasteiger partial charge in [0.1, 0.15) is 24.7 Å². The van der Waals surface area contributed by atoms with Crippen LogP contribution in [0.3, 0.4) is 0 Å². The molecule has 0 radical (unpaired) electrons. The maximum absolute atomic E-state index is 10.9. The molecule has 0 bridgehead atoms. The summed E-state index contributed by atoms with van der Waals surface area (Å²) < 4.78 is 42.6. The smallest absolute Gasteiger partial charge is 0.469 e. The minimum atomic E-state index is -4.67. The van der Waals surface area contributed by atoms with Crippen molar-refractivity contribution in [1.29, 1.82) is 0 Å². The van der Waals surface area contributed by atoms with Gasteiger partial charge in [0, 0.05) is 29.6 Å². The molecule has 6 aromatic rings. The number of aliphatic hydroxyl groups is 2. The minimum absolute atomic E-state index is 0.233. The lowest BCUT2D eigenvalue weighted by atomic mass is 9.94. The largest absolute Gasteiger partial charge is 0.489 e. The Morgan fingerprint density at radius 2 is 0.868 bits per heavy atom. The number of phosphoric ester groups is 2. The number of hydrogen-bond donors (Lipinski definition) is 8. The van der Waals surface area contributed by atoms with Crippen molar-refractivity contribution in [2.24, 2.45) is 11.5 Å². The van der Waals surface area contributed by atoms with E-state index in [4.69, 9.17) is 63.7 Å². The molecule has 6 aromatic carbocycles. The highest BCUT2D eigenvalue weighted by molar-refractivity contribution is 7.99. The highest BCUT2D eigenvalue weighted by Crippen LogP contribution is 2.39. The van der Waals surface area contributed by atoms with Crippen molar-refractivity contribution in [3.63, 3.8) is 0 Å². The molecule has 0 aliphatic carbocycles. The molecule has 14 nitrogen and oxygen atoms in total. The van der Waals surface area contributed by atoms with Crippen LogP contribution < -0.4 is 20.9 Å². The van der Waals surface area contributed by atoms with E-state index in [1.54, 1.807) is 23.5 Å². The number of phosphoric acid groups is 2. The van der Waals surface area contributed by atoms with E-state index in [0.29, 0.717) is 36.1 Å². The molecule has 0 saturated carbocycles. The van der Waals surface area contributed by atoms with Gasteiger partial charge in [-0.3, -0.25) is 9.05 Å². The zero-order chi connectivity index (χ0) is 49.2. The summed E-state index contributed by atoms with van der Waals surface area (Å²) in [4.78, 5) is 39.4. The van der Waals surface area contributed by atoms with E-state index in [2.05, 4.69) is 9.05 Å². The Hall–Kier alpha value is -3.74. The minimum Gasteiger partial charge on any atom is -0.489 e. The van der Waals surface area contributed by atoms with Crippen LogP contribution in [0.1, 0.15) is 35.1 Å². The number of aryl methyl sites for hydroxylation is 2. The molecule has 0 aliphatic heterocycles. The highest BCUT2D eigenvalue weighted by Gasteiger charge is 2.30. The normalized spacial score (nSPS) is 13.4. The van der Waals surface area contributed by atoms with Crippen LogP contribution in [0.15, 0.2) is 165 Å². The first kappa shape index (κ1) is 55.2. The zero-order valence-electron chi connectivity index (χ0n) is 36.7. The molecule has 0 unspecified atom stereocenters. The molecule has 0 spiro atoms. The molecule has 10 N–H and O–H groups in total. The predicted molar refractivity (Wildman–Crippen MR) is 266 cm³/mol. The highest BCUT2D eigenvalue weighted by atomic mass is 35.5. The fourth-order valence-corrected chi connectivity index (χ4v) is 9.53. The third kappa shape index (κ3) is 19.9. The van der Waals surface area contributed by atoms with Gasteiger partial charge < -0.3 is 50.7 Å². The quantitative estimate of drug-likeness (QED) is 0.0263. The second kappa shape index (κ2) is 26.5. The summed E-state index contributed by atoms with van der Waals surface area (Å²) in [5, 5.41) is 20.2. The molecule has 2 atom stereocenters. The van der Waals surface area contributed by atoms with Gasteiger partial charge >= 0.3 is 15.6 Å². The van der Waals surface area contributed by atoms with E-state index in [9.17, 15) is 19.3 Å². The van der Waals surface area contributed by atoms with Crippen LogP contribution >= 0.6 is 62.4 Å². The first-order valence-electron chi connectivity index (χ1n) is 21.0.